The van der Waals surface area contributed by atoms with E-state index in [1.54, 1.807) is 18.2 Å². The van der Waals surface area contributed by atoms with Crippen LogP contribution >= 0.6 is 0 Å². The van der Waals surface area contributed by atoms with Gasteiger partial charge in [-0.15, -0.1) is 0 Å². The largest absolute Gasteiger partial charge is 0.457 e. The first-order valence-electron chi connectivity index (χ1n) is 24.7. The normalized spacial score (nSPS) is 14.9. The summed E-state index contributed by atoms with van der Waals surface area (Å²) in [5.74, 6) is 0.826. The maximum Gasteiger partial charge on any atom is 0.127 e. The summed E-state index contributed by atoms with van der Waals surface area (Å²) in [5, 5.41) is 2.31. The molecule has 11 aromatic rings. The lowest BCUT2D eigenvalue weighted by atomic mass is 9.67. The van der Waals surface area contributed by atoms with Crippen molar-refractivity contribution in [2.75, 3.05) is 4.90 Å². The zero-order valence-electron chi connectivity index (χ0n) is 41.2. The van der Waals surface area contributed by atoms with Gasteiger partial charge in [-0.05, 0) is 153 Å². The number of hydrogen-bond donors (Lipinski definition) is 0. The Hall–Kier alpha value is -8.73. The van der Waals surface area contributed by atoms with E-state index in [0.717, 1.165) is 77.8 Å². The van der Waals surface area contributed by atoms with Gasteiger partial charge in [0.2, 0.25) is 0 Å². The summed E-state index contributed by atoms with van der Waals surface area (Å²) in [7, 11) is 0. The number of ether oxygens (including phenoxy) is 1. The van der Waals surface area contributed by atoms with Crippen molar-refractivity contribution in [3.63, 3.8) is 0 Å². The van der Waals surface area contributed by atoms with Gasteiger partial charge in [0, 0.05) is 33.5 Å². The number of para-hydroxylation sites is 2. The molecule has 0 spiro atoms. The summed E-state index contributed by atoms with van der Waals surface area (Å²) >= 11 is 0. The minimum atomic E-state index is -1.40. The predicted molar refractivity (Wildman–Crippen MR) is 275 cm³/mol. The van der Waals surface area contributed by atoms with Crippen LogP contribution in [-0.2, 0) is 5.41 Å². The Bertz CT molecular complexity index is 3880. The van der Waals surface area contributed by atoms with Gasteiger partial charge in [-0.25, -0.2) is 4.39 Å². The molecule has 0 radical (unpaired) electrons. The molecular formula is C63H43FN2O. The highest BCUT2D eigenvalue weighted by atomic mass is 19.1. The van der Waals surface area contributed by atoms with E-state index in [0.29, 0.717) is 22.7 Å². The predicted octanol–water partition coefficient (Wildman–Crippen LogP) is 16.9. The number of rotatable bonds is 10. The Labute approximate surface area is 396 Å². The van der Waals surface area contributed by atoms with Gasteiger partial charge in [-0.1, -0.05) is 152 Å². The molecule has 12 rings (SSSR count). The van der Waals surface area contributed by atoms with Crippen LogP contribution in [0.25, 0.3) is 55.8 Å². The number of hydrogen-bond acceptors (Lipinski definition) is 2. The van der Waals surface area contributed by atoms with E-state index in [4.69, 9.17) is 8.85 Å². The molecule has 1 atom stereocenters. The van der Waals surface area contributed by atoms with Crippen LogP contribution in [0.15, 0.2) is 249 Å². The van der Waals surface area contributed by atoms with Crippen molar-refractivity contribution in [2.24, 2.45) is 0 Å². The SMILES string of the molecule is [2H]c1c([2H])c([2H])c(C2(c3ccc(Oc4ccc(C=C)cc4)cc3)c3ccccc3-c3ccc(N(c4ccc(F)cc4)c4ccc(-c5ccc6c(c5)c5ccccc5n6-c5ccccc5)cc4)cc32)c([2H])c1[2H]. The fourth-order valence-corrected chi connectivity index (χ4v) is 10.00. The van der Waals surface area contributed by atoms with Crippen LogP contribution in [0.2, 0.25) is 0 Å². The van der Waals surface area contributed by atoms with Crippen LogP contribution < -0.4 is 9.64 Å². The highest BCUT2D eigenvalue weighted by molar-refractivity contribution is 6.10. The molecule has 0 amide bonds. The van der Waals surface area contributed by atoms with Crippen molar-refractivity contribution in [3.05, 3.63) is 283 Å². The van der Waals surface area contributed by atoms with Crippen LogP contribution in [0.3, 0.4) is 0 Å². The molecule has 10 aromatic carbocycles. The topological polar surface area (TPSA) is 17.4 Å². The number of benzene rings is 10. The van der Waals surface area contributed by atoms with Crippen molar-refractivity contribution in [3.8, 4) is 39.4 Å². The standard InChI is InChI=1S/C63H43FN2O/c1-2-43-21-35-53(36-22-43)67-54-37-26-47(27-38-54)63(46-13-5-3-6-14-46)59-19-11-9-17-55(59)56-39-34-52(42-60(56)63)65(51-32-28-48(64)29-33-51)50-30-23-44(24-31-50)45-25-40-62-58(41-45)57-18-10-12-20-61(57)66(62)49-15-7-4-8-16-49/h2-42H,1H2/i3D,5D,6D,13D,14D. The summed E-state index contributed by atoms with van der Waals surface area (Å²) in [6.45, 7) is 3.85. The Morgan fingerprint density at radius 2 is 1.12 bits per heavy atom. The zero-order chi connectivity index (χ0) is 49.3. The van der Waals surface area contributed by atoms with Crippen molar-refractivity contribution in [1.29, 1.82) is 0 Å². The quantitative estimate of drug-likeness (QED) is 0.136. The van der Waals surface area contributed by atoms with Crippen molar-refractivity contribution in [1.82, 2.24) is 4.57 Å². The molecule has 318 valence electrons. The molecule has 1 aliphatic carbocycles. The van der Waals surface area contributed by atoms with Crippen molar-refractivity contribution in [2.45, 2.75) is 5.41 Å². The van der Waals surface area contributed by atoms with Gasteiger partial charge in [0.15, 0.2) is 0 Å². The molecule has 0 N–H and O–H groups in total. The molecular weight excluding hydrogens is 820 g/mol. The van der Waals surface area contributed by atoms with Gasteiger partial charge < -0.3 is 14.2 Å². The number of aromatic nitrogens is 1. The van der Waals surface area contributed by atoms with Gasteiger partial charge in [-0.3, -0.25) is 0 Å². The van der Waals surface area contributed by atoms with E-state index in [2.05, 4.69) is 113 Å². The third kappa shape index (κ3) is 6.73. The first-order chi connectivity index (χ1) is 35.1. The van der Waals surface area contributed by atoms with Crippen LogP contribution in [0, 0.1) is 5.82 Å². The fraction of sp³-hybridized carbons (Fsp3) is 0.0159. The number of fused-ring (bicyclic) bond motifs is 6. The smallest absolute Gasteiger partial charge is 0.127 e. The minimum Gasteiger partial charge on any atom is -0.457 e. The van der Waals surface area contributed by atoms with E-state index in [1.165, 1.54) is 12.1 Å². The average molecular weight is 868 g/mol. The van der Waals surface area contributed by atoms with Crippen molar-refractivity contribution < 1.29 is 16.0 Å². The molecule has 0 saturated heterocycles. The number of nitrogens with zero attached hydrogens (tertiary/aromatic N) is 2. The summed E-state index contributed by atoms with van der Waals surface area (Å²) in [5.41, 5.74) is 11.2. The lowest BCUT2D eigenvalue weighted by molar-refractivity contribution is 0.482. The van der Waals surface area contributed by atoms with E-state index >= 15 is 0 Å². The maximum atomic E-state index is 14.7. The van der Waals surface area contributed by atoms with Crippen LogP contribution in [0.4, 0.5) is 21.5 Å². The molecule has 1 heterocycles. The number of halogens is 1. The third-order valence-electron chi connectivity index (χ3n) is 13.0. The molecule has 1 aromatic heterocycles. The molecule has 1 unspecified atom stereocenters. The van der Waals surface area contributed by atoms with E-state index < -0.39 is 23.5 Å². The summed E-state index contributed by atoms with van der Waals surface area (Å²) in [6, 6.07) is 67.3. The second-order valence-electron chi connectivity index (χ2n) is 16.7. The van der Waals surface area contributed by atoms with E-state index in [9.17, 15) is 7.13 Å². The third-order valence-corrected chi connectivity index (χ3v) is 13.0. The molecule has 0 fully saturated rings. The summed E-state index contributed by atoms with van der Waals surface area (Å²) in [4.78, 5) is 2.06. The van der Waals surface area contributed by atoms with E-state index in [-0.39, 0.29) is 23.5 Å². The highest BCUT2D eigenvalue weighted by Crippen LogP contribution is 2.57. The molecule has 67 heavy (non-hydrogen) atoms. The zero-order valence-corrected chi connectivity index (χ0v) is 36.2. The Kier molecular flexibility index (Phi) is 8.46. The lowest BCUT2D eigenvalue weighted by Crippen LogP contribution is -2.28. The van der Waals surface area contributed by atoms with Gasteiger partial charge >= 0.3 is 0 Å². The van der Waals surface area contributed by atoms with Gasteiger partial charge in [0.05, 0.1) is 23.3 Å². The Balaban J connectivity index is 1.02. The van der Waals surface area contributed by atoms with Gasteiger partial charge in [0.1, 0.15) is 17.3 Å². The Morgan fingerprint density at radius 3 is 1.87 bits per heavy atom. The second-order valence-corrected chi connectivity index (χ2v) is 16.7. The molecule has 0 saturated carbocycles. The number of anilines is 3. The molecule has 0 aliphatic heterocycles. The summed E-state index contributed by atoms with van der Waals surface area (Å²) in [6.07, 6.45) is 1.77. The van der Waals surface area contributed by atoms with Crippen LogP contribution in [0.1, 0.15) is 34.7 Å². The van der Waals surface area contributed by atoms with E-state index in [1.807, 2.05) is 91.0 Å². The molecule has 4 heteroatoms. The maximum absolute atomic E-state index is 14.7. The summed E-state index contributed by atoms with van der Waals surface area (Å²) < 4.78 is 69.1. The molecule has 3 nitrogen and oxygen atoms in total. The molecule has 0 bridgehead atoms. The Morgan fingerprint density at radius 1 is 0.507 bits per heavy atom. The second kappa shape index (κ2) is 16.4. The van der Waals surface area contributed by atoms with Crippen LogP contribution in [-0.4, -0.2) is 4.57 Å². The van der Waals surface area contributed by atoms with Gasteiger partial charge in [-0.2, -0.15) is 0 Å². The monoisotopic (exact) mass is 867 g/mol. The fourth-order valence-electron chi connectivity index (χ4n) is 10.00. The first-order valence-corrected chi connectivity index (χ1v) is 22.2. The lowest BCUT2D eigenvalue weighted by Gasteiger charge is -2.35. The van der Waals surface area contributed by atoms with Crippen LogP contribution in [0.5, 0.6) is 11.5 Å². The highest BCUT2D eigenvalue weighted by Gasteiger charge is 2.46. The first kappa shape index (κ1) is 34.6. The average Bonchev–Trinajstić information content (AvgIpc) is 3.91. The van der Waals surface area contributed by atoms with Crippen molar-refractivity contribution >= 4 is 44.9 Å². The van der Waals surface area contributed by atoms with Gasteiger partial charge in [0.25, 0.3) is 0 Å². The minimum absolute atomic E-state index is 0.132. The molecule has 1 aliphatic rings.